The number of hydrogen-bond acceptors (Lipinski definition) is 1. The van der Waals surface area contributed by atoms with Gasteiger partial charge in [-0.15, -0.1) is 0 Å². The zero-order valence-electron chi connectivity index (χ0n) is 23.7. The Kier molecular flexibility index (Phi) is 14.9. The van der Waals surface area contributed by atoms with E-state index in [9.17, 15) is 149 Å². The fraction of sp³-hybridized carbons (Fsp3) is 1.00. The fourth-order valence-electron chi connectivity index (χ4n) is 2.88. The van der Waals surface area contributed by atoms with Gasteiger partial charge in [0, 0.05) is 68.9 Å². The van der Waals surface area contributed by atoms with Gasteiger partial charge >= 0.3 is 95.3 Å². The third kappa shape index (κ3) is 7.41. The van der Waals surface area contributed by atoms with Gasteiger partial charge in [-0.2, -0.15) is 149 Å². The van der Waals surface area contributed by atoms with E-state index in [-0.39, 0.29) is 68.9 Å². The number of hydrogen-bond donors (Lipinski definition) is 0. The van der Waals surface area contributed by atoms with Crippen molar-refractivity contribution in [2.24, 2.45) is 0 Å². The van der Waals surface area contributed by atoms with E-state index in [0.29, 0.717) is 0 Å². The van der Waals surface area contributed by atoms with Crippen LogP contribution in [-0.2, 0) is 4.74 Å². The molecule has 1 nitrogen and oxygen atoms in total. The average molecular weight is 1020 g/mol. The van der Waals surface area contributed by atoms with Gasteiger partial charge < -0.3 is 4.74 Å². The molecule has 0 rings (SSSR count). The Morgan fingerprint density at radius 2 is 0.333 bits per heavy atom. The molecule has 36 heteroatoms. The first-order valence-corrected chi connectivity index (χ1v) is 11.2. The molecule has 0 saturated heterocycles. The third-order valence-corrected chi connectivity index (χ3v) is 6.14. The summed E-state index contributed by atoms with van der Waals surface area (Å²) in [6.45, 7) is -9.32. The summed E-state index contributed by atoms with van der Waals surface area (Å²) in [6.07, 6.45) is -16.4. The maximum atomic E-state index is 13.6. The molecule has 0 atom stereocenters. The van der Waals surface area contributed by atoms with Crippen LogP contribution in [0.5, 0.6) is 0 Å². The molecule has 0 bridgehead atoms. The SMILES string of the molecule is FC(F)(F)C(F)(F)C(F)(F)C(F)(F)C(F)(F)C(F)(F)C(F)(F)C(F)(F)COCC(F)(F)C(F)(F)C(F)(F)C(F)(F)C(F)(F)C(F)(F)C(F)(F)C(F)(F)F.[Cs]. The van der Waals surface area contributed by atoms with Gasteiger partial charge in [0.1, 0.15) is 13.2 Å². The van der Waals surface area contributed by atoms with Crippen LogP contribution in [-0.4, -0.2) is 177 Å². The monoisotopic (exact) mass is 1010 g/mol. The molecular formula is C18H4CsF34O. The zero-order chi connectivity index (χ0) is 44.1. The summed E-state index contributed by atoms with van der Waals surface area (Å²) in [7, 11) is 0. The van der Waals surface area contributed by atoms with Gasteiger partial charge in [-0.05, 0) is 0 Å². The van der Waals surface area contributed by atoms with Gasteiger partial charge in [-0.3, -0.25) is 0 Å². The molecule has 0 spiro atoms. The second-order valence-corrected chi connectivity index (χ2v) is 9.79. The molecule has 0 saturated carbocycles. The second-order valence-electron chi connectivity index (χ2n) is 9.79. The predicted octanol–water partition coefficient (Wildman–Crippen LogP) is 10.6. The van der Waals surface area contributed by atoms with Crippen molar-refractivity contribution in [3.05, 3.63) is 0 Å². The van der Waals surface area contributed by atoms with Crippen molar-refractivity contribution in [2.45, 2.75) is 95.3 Å². The van der Waals surface area contributed by atoms with E-state index >= 15 is 0 Å². The van der Waals surface area contributed by atoms with Crippen molar-refractivity contribution < 1.29 is 154 Å². The minimum Gasteiger partial charge on any atom is -0.368 e. The predicted molar refractivity (Wildman–Crippen MR) is 97.9 cm³/mol. The molecule has 0 aromatic heterocycles. The average Bonchev–Trinajstić information content (AvgIpc) is 2.90. The van der Waals surface area contributed by atoms with E-state index in [2.05, 4.69) is 4.74 Å². The number of rotatable bonds is 16. The van der Waals surface area contributed by atoms with Crippen molar-refractivity contribution in [2.75, 3.05) is 13.2 Å². The Balaban J connectivity index is 0. The topological polar surface area (TPSA) is 9.23 Å². The maximum absolute atomic E-state index is 13.6. The number of alkyl halides is 34. The minimum atomic E-state index is -9.33. The van der Waals surface area contributed by atoms with Crippen molar-refractivity contribution >= 4 is 68.9 Å². The Morgan fingerprint density at radius 1 is 0.204 bits per heavy atom. The summed E-state index contributed by atoms with van der Waals surface area (Å²) < 4.78 is 449. The van der Waals surface area contributed by atoms with E-state index in [1.165, 1.54) is 0 Å². The second kappa shape index (κ2) is 14.4. The molecule has 0 aliphatic rings. The van der Waals surface area contributed by atoms with Gasteiger partial charge in [0.15, 0.2) is 0 Å². The largest absolute Gasteiger partial charge is 0.460 e. The van der Waals surface area contributed by atoms with Gasteiger partial charge in [0.25, 0.3) is 0 Å². The molecule has 0 aliphatic carbocycles. The number of ether oxygens (including phenoxy) is 1. The third-order valence-electron chi connectivity index (χ3n) is 6.14. The first-order valence-electron chi connectivity index (χ1n) is 11.2. The van der Waals surface area contributed by atoms with Crippen LogP contribution in [0.3, 0.4) is 0 Å². The van der Waals surface area contributed by atoms with Crippen LogP contribution in [0.4, 0.5) is 149 Å². The molecule has 0 aromatic carbocycles. The molecule has 0 unspecified atom stereocenters. The first kappa shape index (κ1) is 55.7. The van der Waals surface area contributed by atoms with Gasteiger partial charge in [-0.25, -0.2) is 0 Å². The van der Waals surface area contributed by atoms with Gasteiger partial charge in [0.2, 0.25) is 0 Å². The molecule has 54 heavy (non-hydrogen) atoms. The summed E-state index contributed by atoms with van der Waals surface area (Å²) in [5, 5.41) is 0. The van der Waals surface area contributed by atoms with Crippen molar-refractivity contribution in [3.63, 3.8) is 0 Å². The minimum absolute atomic E-state index is 0. The molecule has 321 valence electrons. The van der Waals surface area contributed by atoms with Crippen LogP contribution in [0.25, 0.3) is 0 Å². The van der Waals surface area contributed by atoms with Crippen LogP contribution in [0.1, 0.15) is 0 Å². The Hall–Kier alpha value is -0.368. The van der Waals surface area contributed by atoms with E-state index in [4.69, 9.17) is 0 Å². The van der Waals surface area contributed by atoms with Gasteiger partial charge in [-0.1, -0.05) is 0 Å². The molecule has 0 heterocycles. The summed E-state index contributed by atoms with van der Waals surface area (Å²) in [5.41, 5.74) is 0. The maximum Gasteiger partial charge on any atom is 0.460 e. The zero-order valence-corrected chi connectivity index (χ0v) is 30.0. The normalized spacial score (nSPS) is 16.8. The van der Waals surface area contributed by atoms with Crippen LogP contribution < -0.4 is 0 Å². The quantitative estimate of drug-likeness (QED) is 0.140. The van der Waals surface area contributed by atoms with Crippen LogP contribution in [0, 0.1) is 0 Å². The van der Waals surface area contributed by atoms with Crippen molar-refractivity contribution in [3.8, 4) is 0 Å². The molecule has 0 fully saturated rings. The smallest absolute Gasteiger partial charge is 0.368 e. The number of halogens is 34. The Labute approximate surface area is 329 Å². The Morgan fingerprint density at radius 3 is 0.481 bits per heavy atom. The summed E-state index contributed by atoms with van der Waals surface area (Å²) >= 11 is 0. The van der Waals surface area contributed by atoms with E-state index in [1.807, 2.05) is 0 Å². The van der Waals surface area contributed by atoms with Crippen LogP contribution in [0.2, 0.25) is 0 Å². The van der Waals surface area contributed by atoms with E-state index < -0.39 is 108 Å². The Bertz CT molecular complexity index is 1200. The fourth-order valence-corrected chi connectivity index (χ4v) is 2.88. The standard InChI is InChI=1S/C18H4F34O.Cs/c19-3(20,5(23,24)7(27,28)9(31,32)11(35,36)13(39,40)15(43,44)17(47,48)49)1-53-2-4(21,22)6(25,26)8(29,30)10(33,34)12(37,38)14(41,42)16(45,46)18(50,51)52;/h1-2H2;. The summed E-state index contributed by atoms with van der Waals surface area (Å²) in [5.74, 6) is -125. The van der Waals surface area contributed by atoms with Gasteiger partial charge in [0.05, 0.1) is 0 Å². The first-order chi connectivity index (χ1) is 22.2. The van der Waals surface area contributed by atoms with E-state index in [0.717, 1.165) is 0 Å². The van der Waals surface area contributed by atoms with Crippen molar-refractivity contribution in [1.82, 2.24) is 0 Å². The van der Waals surface area contributed by atoms with Crippen molar-refractivity contribution in [1.29, 1.82) is 0 Å². The molecule has 0 aliphatic heterocycles. The summed E-state index contributed by atoms with van der Waals surface area (Å²) in [4.78, 5) is 0. The molecular weight excluding hydrogens is 1010 g/mol. The van der Waals surface area contributed by atoms with E-state index in [1.54, 1.807) is 0 Å². The summed E-state index contributed by atoms with van der Waals surface area (Å²) in [6, 6.07) is 0. The molecule has 1 radical (unpaired) electrons. The molecule has 0 N–H and O–H groups in total. The van der Waals surface area contributed by atoms with Crippen LogP contribution in [0.15, 0.2) is 0 Å². The molecule has 0 aromatic rings. The van der Waals surface area contributed by atoms with Crippen LogP contribution >= 0.6 is 0 Å². The molecule has 0 amide bonds.